The quantitative estimate of drug-likeness (QED) is 0.116. The van der Waals surface area contributed by atoms with Gasteiger partial charge in [0.05, 0.1) is 55.4 Å². The molecule has 3 atom stereocenters. The van der Waals surface area contributed by atoms with Gasteiger partial charge in [0.15, 0.2) is 29.2 Å². The third kappa shape index (κ3) is 10.2. The van der Waals surface area contributed by atoms with E-state index in [1.807, 2.05) is 40.4 Å². The minimum Gasteiger partial charge on any atom is -0.493 e. The van der Waals surface area contributed by atoms with Crippen molar-refractivity contribution in [1.82, 2.24) is 19.6 Å². The number of carbonyl (C=O) groups is 2. The van der Waals surface area contributed by atoms with Crippen molar-refractivity contribution in [3.63, 3.8) is 0 Å². The molecule has 316 valence electrons. The van der Waals surface area contributed by atoms with E-state index >= 15 is 0 Å². The highest BCUT2D eigenvalue weighted by atomic mass is 16.5. The number of piperazine rings is 1. The maximum absolute atomic E-state index is 13.4. The number of amides is 2. The van der Waals surface area contributed by atoms with Gasteiger partial charge in [0.25, 0.3) is 11.8 Å². The lowest BCUT2D eigenvalue weighted by atomic mass is 10.1. The van der Waals surface area contributed by atoms with E-state index in [-0.39, 0.29) is 30.1 Å². The van der Waals surface area contributed by atoms with Crippen molar-refractivity contribution in [3.8, 4) is 23.0 Å². The number of ether oxygens (including phenoxy) is 4. The summed E-state index contributed by atoms with van der Waals surface area (Å²) in [5.74, 6) is 2.57. The van der Waals surface area contributed by atoms with Crippen molar-refractivity contribution in [2.24, 2.45) is 9.98 Å². The fraction of sp³-hybridized carbons (Fsp3) is 0.652. The Morgan fingerprint density at radius 3 is 1.81 bits per heavy atom. The van der Waals surface area contributed by atoms with Gasteiger partial charge in [-0.3, -0.25) is 24.5 Å². The van der Waals surface area contributed by atoms with Gasteiger partial charge in [-0.15, -0.1) is 0 Å². The second kappa shape index (κ2) is 20.7. The van der Waals surface area contributed by atoms with Crippen molar-refractivity contribution in [2.75, 3.05) is 66.6 Å². The van der Waals surface area contributed by atoms with Crippen LogP contribution in [0.3, 0.4) is 0 Å². The van der Waals surface area contributed by atoms with Gasteiger partial charge in [-0.1, -0.05) is 58.3 Å². The third-order valence-electron chi connectivity index (χ3n) is 12.7. The van der Waals surface area contributed by atoms with Crippen LogP contribution in [0.2, 0.25) is 0 Å². The van der Waals surface area contributed by atoms with Crippen molar-refractivity contribution in [1.29, 1.82) is 0 Å². The molecule has 2 aromatic carbocycles. The minimum absolute atomic E-state index is 0.0273. The monoisotopic (exact) mass is 799 g/mol. The molecular weight excluding hydrogens is 733 g/mol. The summed E-state index contributed by atoms with van der Waals surface area (Å²) in [6.45, 7) is 9.56. The number of hydrogen-bond acceptors (Lipinski definition) is 10. The first-order chi connectivity index (χ1) is 28.5. The van der Waals surface area contributed by atoms with E-state index in [1.165, 1.54) is 51.4 Å². The maximum atomic E-state index is 13.4. The SMILES string of the molecule is CCCCCCCC(Oc1cc2c(cc1OC)C(=O)N1CCC[C@H]1C=N2)N1CCN(CCCCCCCCOc2cc3c(cc2OC)C(=O)N2CCC[C@H]2C=N3)CC1. The molecule has 2 aromatic rings. The zero-order valence-electron chi connectivity index (χ0n) is 35.3. The lowest BCUT2D eigenvalue weighted by Gasteiger charge is -2.39. The van der Waals surface area contributed by atoms with Crippen molar-refractivity contribution in [2.45, 2.75) is 128 Å². The van der Waals surface area contributed by atoms with Crippen LogP contribution in [0.5, 0.6) is 23.0 Å². The maximum Gasteiger partial charge on any atom is 0.256 e. The Balaban J connectivity index is 0.831. The number of fused-ring (bicyclic) bond motifs is 4. The van der Waals surface area contributed by atoms with Gasteiger partial charge >= 0.3 is 0 Å². The standard InChI is InChI=1S/C46H66N6O6/c1-4-5-6-9-12-19-44(58-43-31-39-37(29-41(43)56-3)46(54)52-22-16-18-35(52)33-48-39)50-25-23-49(24-26-50)20-13-10-7-8-11-14-27-57-42-30-38-36(28-40(42)55-2)45(53)51-21-15-17-34(51)32-47-38/h28-35,44H,4-27H2,1-3H3/t34-,35-,44?/m0/s1. The number of nitrogens with zero attached hydrogens (tertiary/aromatic N) is 6. The molecule has 5 aliphatic rings. The molecule has 0 bridgehead atoms. The fourth-order valence-corrected chi connectivity index (χ4v) is 9.21. The number of rotatable bonds is 21. The molecule has 12 nitrogen and oxygen atoms in total. The van der Waals surface area contributed by atoms with Crippen LogP contribution < -0.4 is 18.9 Å². The van der Waals surface area contributed by atoms with Crippen LogP contribution in [0.4, 0.5) is 11.4 Å². The summed E-state index contributed by atoms with van der Waals surface area (Å²) in [5, 5.41) is 0. The number of aliphatic imine (C=N–C) groups is 2. The number of benzene rings is 2. The van der Waals surface area contributed by atoms with E-state index in [0.29, 0.717) is 52.1 Å². The predicted octanol–water partition coefficient (Wildman–Crippen LogP) is 8.45. The Kier molecular flexibility index (Phi) is 15.0. The predicted molar refractivity (Wildman–Crippen MR) is 229 cm³/mol. The lowest BCUT2D eigenvalue weighted by molar-refractivity contribution is -0.0154. The van der Waals surface area contributed by atoms with Gasteiger partial charge in [0.1, 0.15) is 0 Å². The number of unbranched alkanes of at least 4 members (excludes halogenated alkanes) is 9. The van der Waals surface area contributed by atoms with Gasteiger partial charge < -0.3 is 33.6 Å². The van der Waals surface area contributed by atoms with Crippen LogP contribution in [0.15, 0.2) is 34.3 Å². The lowest BCUT2D eigenvalue weighted by Crippen LogP contribution is -2.52. The Morgan fingerprint density at radius 2 is 1.19 bits per heavy atom. The molecule has 7 rings (SSSR count). The van der Waals surface area contributed by atoms with Crippen molar-refractivity contribution in [3.05, 3.63) is 35.4 Å². The van der Waals surface area contributed by atoms with Crippen LogP contribution in [0.1, 0.15) is 130 Å². The van der Waals surface area contributed by atoms with E-state index in [4.69, 9.17) is 23.9 Å². The highest BCUT2D eigenvalue weighted by Crippen LogP contribution is 2.40. The van der Waals surface area contributed by atoms with Gasteiger partial charge in [0, 0.05) is 63.8 Å². The van der Waals surface area contributed by atoms with E-state index < -0.39 is 0 Å². The van der Waals surface area contributed by atoms with E-state index in [0.717, 1.165) is 97.2 Å². The molecule has 0 aromatic heterocycles. The van der Waals surface area contributed by atoms with E-state index in [2.05, 4.69) is 21.7 Å². The van der Waals surface area contributed by atoms with Crippen molar-refractivity contribution < 1.29 is 28.5 Å². The third-order valence-corrected chi connectivity index (χ3v) is 12.7. The molecule has 1 unspecified atom stereocenters. The molecule has 0 N–H and O–H groups in total. The highest BCUT2D eigenvalue weighted by molar-refractivity contribution is 6.04. The summed E-state index contributed by atoms with van der Waals surface area (Å²) in [7, 11) is 3.28. The highest BCUT2D eigenvalue weighted by Gasteiger charge is 2.34. The molecule has 12 heteroatoms. The Hall–Kier alpha value is -4.16. The molecule has 0 aliphatic carbocycles. The minimum atomic E-state index is -0.0539. The normalized spacial score (nSPS) is 20.9. The van der Waals surface area contributed by atoms with Crippen LogP contribution in [0, 0.1) is 0 Å². The summed E-state index contributed by atoms with van der Waals surface area (Å²) in [6.07, 6.45) is 21.7. The molecule has 5 aliphatic heterocycles. The summed E-state index contributed by atoms with van der Waals surface area (Å²) in [5.41, 5.74) is 2.52. The van der Waals surface area contributed by atoms with Crippen LogP contribution in [0.25, 0.3) is 0 Å². The smallest absolute Gasteiger partial charge is 0.256 e. The van der Waals surface area contributed by atoms with E-state index in [9.17, 15) is 9.59 Å². The molecule has 58 heavy (non-hydrogen) atoms. The average molecular weight is 799 g/mol. The fourth-order valence-electron chi connectivity index (χ4n) is 9.21. The zero-order valence-corrected chi connectivity index (χ0v) is 35.3. The Morgan fingerprint density at radius 1 is 0.638 bits per heavy atom. The summed E-state index contributed by atoms with van der Waals surface area (Å²) < 4.78 is 24.4. The molecule has 5 heterocycles. The van der Waals surface area contributed by atoms with Crippen LogP contribution >= 0.6 is 0 Å². The van der Waals surface area contributed by atoms with Gasteiger partial charge in [-0.25, -0.2) is 0 Å². The summed E-state index contributed by atoms with van der Waals surface area (Å²) in [6, 6.07) is 7.57. The Bertz CT molecular complexity index is 1760. The van der Waals surface area contributed by atoms with Crippen LogP contribution in [-0.4, -0.2) is 129 Å². The van der Waals surface area contributed by atoms with Gasteiger partial charge in [-0.05, 0) is 70.0 Å². The van der Waals surface area contributed by atoms with Crippen LogP contribution in [-0.2, 0) is 0 Å². The largest absolute Gasteiger partial charge is 0.493 e. The number of methoxy groups -OCH3 is 2. The second-order valence-corrected chi connectivity index (χ2v) is 16.6. The first-order valence-electron chi connectivity index (χ1n) is 22.4. The average Bonchev–Trinajstić information content (AvgIpc) is 3.88. The molecule has 2 amide bonds. The van der Waals surface area contributed by atoms with E-state index in [1.54, 1.807) is 20.3 Å². The summed E-state index contributed by atoms with van der Waals surface area (Å²) in [4.78, 5) is 45.0. The molecule has 0 radical (unpaired) electrons. The summed E-state index contributed by atoms with van der Waals surface area (Å²) >= 11 is 0. The molecule has 3 fully saturated rings. The molecule has 0 saturated carbocycles. The first-order valence-corrected chi connectivity index (χ1v) is 22.4. The molecule has 0 spiro atoms. The van der Waals surface area contributed by atoms with Gasteiger partial charge in [0.2, 0.25) is 0 Å². The molecule has 3 saturated heterocycles. The van der Waals surface area contributed by atoms with Crippen molar-refractivity contribution >= 4 is 35.6 Å². The van der Waals surface area contributed by atoms with Gasteiger partial charge in [-0.2, -0.15) is 0 Å². The molecular formula is C46H66N6O6. The second-order valence-electron chi connectivity index (χ2n) is 16.6. The number of hydrogen-bond donors (Lipinski definition) is 0. The zero-order chi connectivity index (χ0) is 40.3. The topological polar surface area (TPSA) is 109 Å². The number of carbonyl (C=O) groups excluding carboxylic acids is 2. The first kappa shape index (κ1) is 42.0. The Labute approximate surface area is 345 Å².